The third-order valence-corrected chi connectivity index (χ3v) is 8.03. The fraction of sp³-hybridized carbons (Fsp3) is 0.724. The summed E-state index contributed by atoms with van der Waals surface area (Å²) in [5.41, 5.74) is -1.35. The van der Waals surface area contributed by atoms with Crippen molar-refractivity contribution >= 4 is 46.7 Å². The molecule has 0 bridgehead atoms. The lowest BCUT2D eigenvalue weighted by molar-refractivity contribution is -0.142. The van der Waals surface area contributed by atoms with Gasteiger partial charge in [0.1, 0.15) is 12.1 Å². The van der Waals surface area contributed by atoms with Crippen molar-refractivity contribution in [3.63, 3.8) is 0 Å². The third kappa shape index (κ3) is 13.3. The second kappa shape index (κ2) is 17.4. The Morgan fingerprint density at radius 1 is 1.02 bits per heavy atom. The highest BCUT2D eigenvalue weighted by Crippen LogP contribution is 2.28. The number of amides is 6. The van der Waals surface area contributed by atoms with Crippen LogP contribution < -0.4 is 26.6 Å². The van der Waals surface area contributed by atoms with E-state index in [9.17, 15) is 37.5 Å². The molecule has 1 rings (SSSR count). The maximum absolute atomic E-state index is 13.9. The summed E-state index contributed by atoms with van der Waals surface area (Å²) in [6.45, 7) is 17.5. The monoisotopic (exact) mass is 657 g/mol. The molecule has 0 radical (unpaired) electrons. The molecule has 1 fully saturated rings. The van der Waals surface area contributed by atoms with Crippen LogP contribution in [0.15, 0.2) is 12.7 Å². The molecule has 0 aromatic rings. The van der Waals surface area contributed by atoms with E-state index < -0.39 is 76.3 Å². The molecule has 0 spiro atoms. The van der Waals surface area contributed by atoms with E-state index in [1.165, 1.54) is 22.2 Å². The zero-order chi connectivity index (χ0) is 34.7. The minimum atomic E-state index is -2.38. The van der Waals surface area contributed by atoms with Gasteiger partial charge < -0.3 is 31.5 Å². The molecule has 16 heteroatoms. The van der Waals surface area contributed by atoms with Crippen LogP contribution in [0.3, 0.4) is 0 Å². The van der Waals surface area contributed by atoms with Gasteiger partial charge in [-0.2, -0.15) is 4.31 Å². The first-order valence-corrected chi connectivity index (χ1v) is 15.9. The van der Waals surface area contributed by atoms with Crippen molar-refractivity contribution in [3.8, 4) is 0 Å². The van der Waals surface area contributed by atoms with Crippen LogP contribution in [0.4, 0.5) is 4.79 Å². The van der Waals surface area contributed by atoms with Crippen LogP contribution in [0.5, 0.6) is 0 Å². The standard InChI is InChI=1S/C29H51N7O8S/c1-10-11-31-25(40)21(38)15-32-24(39)20-14-18(2)16-36(20)26(41)23(29(7,8)9)34-27(42)33-22(28(4,5)6)17-35(45(43)44)13-12-30-19(3)37/h10,18,20,22-23H,1,11-17H2,2-9H3,(H,30,37)(H,31,40)(H,32,39)(H,43,44)(H2,33,34,42)/t18-,20+,22-,23-/m1/s1. The summed E-state index contributed by atoms with van der Waals surface area (Å²) in [6, 6.07) is -3.30. The molecule has 256 valence electrons. The molecule has 0 aromatic heterocycles. The first-order chi connectivity index (χ1) is 20.7. The molecule has 1 saturated heterocycles. The highest BCUT2D eigenvalue weighted by molar-refractivity contribution is 7.76. The average Bonchev–Trinajstić information content (AvgIpc) is 3.31. The van der Waals surface area contributed by atoms with E-state index in [0.717, 1.165) is 0 Å². The first kappa shape index (κ1) is 39.7. The molecule has 1 aliphatic heterocycles. The maximum Gasteiger partial charge on any atom is 0.315 e. The van der Waals surface area contributed by atoms with Gasteiger partial charge in [0.2, 0.25) is 34.8 Å². The van der Waals surface area contributed by atoms with E-state index in [1.807, 2.05) is 27.7 Å². The minimum Gasteiger partial charge on any atom is -0.355 e. The molecule has 0 saturated carbocycles. The zero-order valence-electron chi connectivity index (χ0n) is 27.7. The van der Waals surface area contributed by atoms with Crippen molar-refractivity contribution in [2.24, 2.45) is 16.7 Å². The highest BCUT2D eigenvalue weighted by Gasteiger charge is 2.44. The van der Waals surface area contributed by atoms with Crippen LogP contribution in [0.25, 0.3) is 0 Å². The van der Waals surface area contributed by atoms with E-state index in [-0.39, 0.29) is 44.5 Å². The van der Waals surface area contributed by atoms with Crippen molar-refractivity contribution in [2.75, 3.05) is 39.3 Å². The van der Waals surface area contributed by atoms with Crippen LogP contribution >= 0.6 is 0 Å². The van der Waals surface area contributed by atoms with Crippen LogP contribution in [0.2, 0.25) is 0 Å². The fourth-order valence-electron chi connectivity index (χ4n) is 4.64. The number of hydrogen-bond donors (Lipinski definition) is 6. The average molecular weight is 658 g/mol. The number of carbonyl (C=O) groups excluding carboxylic acids is 6. The number of rotatable bonds is 15. The van der Waals surface area contributed by atoms with Gasteiger partial charge in [-0.25, -0.2) is 9.00 Å². The largest absolute Gasteiger partial charge is 0.355 e. The fourth-order valence-corrected chi connectivity index (χ4v) is 5.17. The number of nitrogens with zero attached hydrogens (tertiary/aromatic N) is 2. The predicted molar refractivity (Wildman–Crippen MR) is 170 cm³/mol. The minimum absolute atomic E-state index is 0.0238. The summed E-state index contributed by atoms with van der Waals surface area (Å²) in [6.07, 6.45) is 1.75. The number of nitrogens with one attached hydrogen (secondary N) is 5. The third-order valence-electron chi connectivity index (χ3n) is 7.26. The number of hydrogen-bond acceptors (Lipinski definition) is 7. The molecule has 1 aliphatic rings. The summed E-state index contributed by atoms with van der Waals surface area (Å²) >= 11 is -2.38. The lowest BCUT2D eigenvalue weighted by Gasteiger charge is -2.37. The number of Topliss-reactive ketones (excluding diaryl/α,β-unsaturated/α-hetero) is 1. The zero-order valence-corrected chi connectivity index (χ0v) is 28.5. The van der Waals surface area contributed by atoms with Crippen molar-refractivity contribution in [3.05, 3.63) is 12.7 Å². The van der Waals surface area contributed by atoms with E-state index >= 15 is 0 Å². The second-order valence-electron chi connectivity index (χ2n) is 13.4. The van der Waals surface area contributed by atoms with Gasteiger partial charge in [-0.3, -0.25) is 28.5 Å². The Bertz CT molecular complexity index is 1130. The van der Waals surface area contributed by atoms with E-state index in [4.69, 9.17) is 0 Å². The molecular weight excluding hydrogens is 606 g/mol. The van der Waals surface area contributed by atoms with Gasteiger partial charge in [0, 0.05) is 45.7 Å². The van der Waals surface area contributed by atoms with Crippen molar-refractivity contribution in [1.29, 1.82) is 0 Å². The molecule has 15 nitrogen and oxygen atoms in total. The van der Waals surface area contributed by atoms with Gasteiger partial charge in [-0.15, -0.1) is 6.58 Å². The first-order valence-electron chi connectivity index (χ1n) is 14.9. The summed E-state index contributed by atoms with van der Waals surface area (Å²) in [7, 11) is 0. The highest BCUT2D eigenvalue weighted by atomic mass is 32.2. The molecule has 6 amide bonds. The summed E-state index contributed by atoms with van der Waals surface area (Å²) in [5.74, 6) is -3.10. The van der Waals surface area contributed by atoms with E-state index in [0.29, 0.717) is 6.42 Å². The molecule has 0 aromatic carbocycles. The van der Waals surface area contributed by atoms with Crippen molar-refractivity contribution in [1.82, 2.24) is 35.8 Å². The molecule has 45 heavy (non-hydrogen) atoms. The van der Waals surface area contributed by atoms with Crippen molar-refractivity contribution < 1.29 is 37.5 Å². The van der Waals surface area contributed by atoms with E-state index in [2.05, 4.69) is 33.2 Å². The number of urea groups is 1. The molecule has 5 atom stereocenters. The maximum atomic E-state index is 13.9. The van der Waals surface area contributed by atoms with Crippen LogP contribution in [0, 0.1) is 16.7 Å². The smallest absolute Gasteiger partial charge is 0.315 e. The Hall–Kier alpha value is -3.37. The molecular formula is C29H51N7O8S. The van der Waals surface area contributed by atoms with Gasteiger partial charge >= 0.3 is 6.03 Å². The van der Waals surface area contributed by atoms with Gasteiger partial charge in [-0.1, -0.05) is 54.5 Å². The molecule has 0 aliphatic carbocycles. The quantitative estimate of drug-likeness (QED) is 0.0796. The Balaban J connectivity index is 3.08. The predicted octanol–water partition coefficient (Wildman–Crippen LogP) is -0.0857. The molecule has 1 heterocycles. The lowest BCUT2D eigenvalue weighted by atomic mass is 9.85. The topological polar surface area (TPSA) is 206 Å². The van der Waals surface area contributed by atoms with Gasteiger partial charge in [0.15, 0.2) is 0 Å². The summed E-state index contributed by atoms with van der Waals surface area (Å²) in [4.78, 5) is 76.9. The van der Waals surface area contributed by atoms with Crippen molar-refractivity contribution in [2.45, 2.75) is 79.9 Å². The Morgan fingerprint density at radius 2 is 1.64 bits per heavy atom. The number of ketones is 1. The van der Waals surface area contributed by atoms with Crippen LogP contribution in [-0.4, -0.2) is 111 Å². The second-order valence-corrected chi connectivity index (χ2v) is 14.4. The Morgan fingerprint density at radius 3 is 2.16 bits per heavy atom. The number of carbonyl (C=O) groups is 6. The normalized spacial score (nSPS) is 18.8. The summed E-state index contributed by atoms with van der Waals surface area (Å²) in [5, 5.41) is 13.0. The van der Waals surface area contributed by atoms with Gasteiger partial charge in [0.05, 0.1) is 6.54 Å². The summed E-state index contributed by atoms with van der Waals surface area (Å²) < 4.78 is 23.0. The van der Waals surface area contributed by atoms with E-state index in [1.54, 1.807) is 20.8 Å². The van der Waals surface area contributed by atoms with Crippen LogP contribution in [-0.2, 0) is 35.2 Å². The number of likely N-dealkylation sites (tertiary alicyclic amines) is 1. The molecule has 1 unspecified atom stereocenters. The Labute approximate surface area is 268 Å². The van der Waals surface area contributed by atoms with Gasteiger partial charge in [-0.05, 0) is 23.2 Å². The van der Waals surface area contributed by atoms with Crippen LogP contribution in [0.1, 0.15) is 61.8 Å². The Kier molecular flexibility index (Phi) is 15.3. The molecule has 6 N–H and O–H groups in total. The SMILES string of the molecule is C=CCNC(=O)C(=O)CNC(=O)[C@@H]1C[C@@H](C)CN1C(=O)[C@@H](NC(=O)N[C@H](CN(CCNC(C)=O)S(=O)O)C(C)(C)C)C(C)(C)C. The van der Waals surface area contributed by atoms with Gasteiger partial charge in [0.25, 0.3) is 5.91 Å². The lowest BCUT2D eigenvalue weighted by Crippen LogP contribution is -2.61.